The van der Waals surface area contributed by atoms with Crippen molar-refractivity contribution in [1.29, 1.82) is 0 Å². The molecule has 1 atom stereocenters. The Labute approximate surface area is 131 Å². The maximum absolute atomic E-state index is 3.76. The summed E-state index contributed by atoms with van der Waals surface area (Å²) < 4.78 is 1.18. The van der Waals surface area contributed by atoms with Crippen LogP contribution in [0.5, 0.6) is 0 Å². The van der Waals surface area contributed by atoms with Crippen LogP contribution >= 0.6 is 15.9 Å². The quantitative estimate of drug-likeness (QED) is 0.880. The first kappa shape index (κ1) is 14.6. The normalized spacial score (nSPS) is 28.3. The van der Waals surface area contributed by atoms with E-state index in [2.05, 4.69) is 57.3 Å². The van der Waals surface area contributed by atoms with Gasteiger partial charge in [-0.25, -0.2) is 0 Å². The second-order valence-corrected chi connectivity index (χ2v) is 7.33. The summed E-state index contributed by atoms with van der Waals surface area (Å²) in [5.41, 5.74) is 1.50. The summed E-state index contributed by atoms with van der Waals surface area (Å²) in [6.07, 6.45) is 5.38. The van der Waals surface area contributed by atoms with Gasteiger partial charge in [-0.1, -0.05) is 28.1 Å². The van der Waals surface area contributed by atoms with E-state index in [0.29, 0.717) is 6.04 Å². The van der Waals surface area contributed by atoms with Gasteiger partial charge in [-0.05, 0) is 69.3 Å². The zero-order valence-corrected chi connectivity index (χ0v) is 13.9. The number of hydrogen-bond acceptors (Lipinski definition) is 2. The first-order chi connectivity index (χ1) is 9.72. The third-order valence-electron chi connectivity index (χ3n) is 4.95. The number of nitrogens with one attached hydrogen (secondary N) is 1. The molecule has 3 rings (SSSR count). The van der Waals surface area contributed by atoms with Gasteiger partial charge in [-0.15, -0.1) is 0 Å². The first-order valence-corrected chi connectivity index (χ1v) is 8.74. The van der Waals surface area contributed by atoms with Gasteiger partial charge in [-0.3, -0.25) is 4.90 Å². The van der Waals surface area contributed by atoms with Crippen molar-refractivity contribution in [3.8, 4) is 0 Å². The van der Waals surface area contributed by atoms with Crippen LogP contribution in [0.15, 0.2) is 28.7 Å². The topological polar surface area (TPSA) is 15.3 Å². The van der Waals surface area contributed by atoms with Crippen molar-refractivity contribution in [2.45, 2.75) is 50.6 Å². The van der Waals surface area contributed by atoms with E-state index < -0.39 is 0 Å². The minimum Gasteiger partial charge on any atom is -0.312 e. The Hall–Kier alpha value is -0.380. The van der Waals surface area contributed by atoms with Crippen LogP contribution in [0, 0.1) is 0 Å². The van der Waals surface area contributed by atoms with E-state index in [9.17, 15) is 0 Å². The van der Waals surface area contributed by atoms with Crippen LogP contribution in [0.2, 0.25) is 0 Å². The molecule has 0 aromatic heterocycles. The molecule has 1 N–H and O–H groups in total. The molecule has 20 heavy (non-hydrogen) atoms. The van der Waals surface area contributed by atoms with Gasteiger partial charge in [0.15, 0.2) is 0 Å². The van der Waals surface area contributed by atoms with Crippen molar-refractivity contribution < 1.29 is 0 Å². The maximum Gasteiger partial charge on any atom is 0.0192 e. The predicted molar refractivity (Wildman–Crippen MR) is 88.2 cm³/mol. The molecule has 1 heterocycles. The zero-order valence-electron chi connectivity index (χ0n) is 12.3. The fourth-order valence-corrected chi connectivity index (χ4v) is 3.70. The first-order valence-electron chi connectivity index (χ1n) is 7.95. The maximum atomic E-state index is 3.76. The molecule has 2 fully saturated rings. The highest BCUT2D eigenvalue weighted by Crippen LogP contribution is 2.37. The van der Waals surface area contributed by atoms with Crippen molar-refractivity contribution in [2.24, 2.45) is 0 Å². The molecule has 0 spiro atoms. The van der Waals surface area contributed by atoms with Gasteiger partial charge in [0.05, 0.1) is 0 Å². The predicted octanol–water partition coefficient (Wildman–Crippen LogP) is 3.77. The molecule has 2 nitrogen and oxygen atoms in total. The molecule has 1 aromatic carbocycles. The molecule has 0 bridgehead atoms. The Kier molecular flexibility index (Phi) is 4.79. The summed E-state index contributed by atoms with van der Waals surface area (Å²) >= 11 is 3.50. The molecule has 1 saturated carbocycles. The Morgan fingerprint density at radius 3 is 2.50 bits per heavy atom. The van der Waals surface area contributed by atoms with Crippen LogP contribution in [-0.4, -0.2) is 36.6 Å². The summed E-state index contributed by atoms with van der Waals surface area (Å²) in [6.45, 7) is 6.12. The summed E-state index contributed by atoms with van der Waals surface area (Å²) in [5.74, 6) is 0.766. The van der Waals surface area contributed by atoms with Gasteiger partial charge in [0.25, 0.3) is 0 Å². The average molecular weight is 337 g/mol. The van der Waals surface area contributed by atoms with E-state index in [1.807, 2.05) is 0 Å². The number of hydrogen-bond donors (Lipinski definition) is 1. The van der Waals surface area contributed by atoms with E-state index in [1.165, 1.54) is 48.8 Å². The molecule has 110 valence electrons. The Bertz CT molecular complexity index is 419. The summed E-state index contributed by atoms with van der Waals surface area (Å²) in [5, 5.41) is 3.76. The molecular formula is C17H25BrN2. The number of benzene rings is 1. The van der Waals surface area contributed by atoms with Crippen molar-refractivity contribution in [3.05, 3.63) is 34.3 Å². The van der Waals surface area contributed by atoms with Crippen LogP contribution in [0.3, 0.4) is 0 Å². The lowest BCUT2D eigenvalue weighted by Crippen LogP contribution is -2.46. The number of likely N-dealkylation sites (tertiary alicyclic amines) is 1. The highest BCUT2D eigenvalue weighted by atomic mass is 79.9. The van der Waals surface area contributed by atoms with E-state index in [4.69, 9.17) is 0 Å². The van der Waals surface area contributed by atoms with E-state index in [1.54, 1.807) is 0 Å². The van der Waals surface area contributed by atoms with Crippen LogP contribution < -0.4 is 5.32 Å². The average Bonchev–Trinajstić information content (AvgIpc) is 2.92. The van der Waals surface area contributed by atoms with Crippen LogP contribution in [0.1, 0.15) is 44.1 Å². The fourth-order valence-electron chi connectivity index (χ4n) is 3.44. The summed E-state index contributed by atoms with van der Waals surface area (Å²) in [4.78, 5) is 2.62. The third kappa shape index (κ3) is 3.44. The van der Waals surface area contributed by atoms with Crippen molar-refractivity contribution in [1.82, 2.24) is 10.2 Å². The molecule has 2 aliphatic rings. The lowest BCUT2D eigenvalue weighted by atomic mass is 9.76. The number of nitrogens with zero attached hydrogens (tertiary/aromatic N) is 1. The standard InChI is InChI=1S/C17H25BrN2/c1-13(20-8-2-3-9-20)12-19-17-10-15(11-17)14-4-6-16(18)7-5-14/h4-7,13,15,17,19H,2-3,8-12H2,1H3. The highest BCUT2D eigenvalue weighted by Gasteiger charge is 2.30. The molecule has 1 aliphatic heterocycles. The molecule has 1 aromatic rings. The van der Waals surface area contributed by atoms with E-state index >= 15 is 0 Å². The monoisotopic (exact) mass is 336 g/mol. The molecule has 0 radical (unpaired) electrons. The molecule has 1 aliphatic carbocycles. The van der Waals surface area contributed by atoms with Crippen LogP contribution in [0.25, 0.3) is 0 Å². The van der Waals surface area contributed by atoms with E-state index in [-0.39, 0.29) is 0 Å². The van der Waals surface area contributed by atoms with Gasteiger partial charge in [0, 0.05) is 23.1 Å². The highest BCUT2D eigenvalue weighted by molar-refractivity contribution is 9.10. The molecule has 1 unspecified atom stereocenters. The van der Waals surface area contributed by atoms with Gasteiger partial charge < -0.3 is 5.32 Å². The molecule has 3 heteroatoms. The third-order valence-corrected chi connectivity index (χ3v) is 5.47. The largest absolute Gasteiger partial charge is 0.312 e. The van der Waals surface area contributed by atoms with Gasteiger partial charge in [0.1, 0.15) is 0 Å². The zero-order chi connectivity index (χ0) is 13.9. The SMILES string of the molecule is CC(CNC1CC(c2ccc(Br)cc2)C1)N1CCCC1. The van der Waals surface area contributed by atoms with Crippen molar-refractivity contribution >= 4 is 15.9 Å². The second kappa shape index (κ2) is 6.59. The molecular weight excluding hydrogens is 312 g/mol. The van der Waals surface area contributed by atoms with Crippen molar-refractivity contribution in [3.63, 3.8) is 0 Å². The molecule has 0 amide bonds. The Balaban J connectivity index is 1.38. The number of halogens is 1. The summed E-state index contributed by atoms with van der Waals surface area (Å²) in [6, 6.07) is 10.3. The van der Waals surface area contributed by atoms with Crippen molar-refractivity contribution in [2.75, 3.05) is 19.6 Å². The number of rotatable bonds is 5. The minimum absolute atomic E-state index is 0.698. The van der Waals surface area contributed by atoms with E-state index in [0.717, 1.165) is 18.5 Å². The van der Waals surface area contributed by atoms with Gasteiger partial charge >= 0.3 is 0 Å². The Morgan fingerprint density at radius 2 is 1.85 bits per heavy atom. The van der Waals surface area contributed by atoms with Crippen LogP contribution in [0.4, 0.5) is 0 Å². The van der Waals surface area contributed by atoms with Gasteiger partial charge in [-0.2, -0.15) is 0 Å². The smallest absolute Gasteiger partial charge is 0.0192 e. The van der Waals surface area contributed by atoms with Gasteiger partial charge in [0.2, 0.25) is 0 Å². The Morgan fingerprint density at radius 1 is 1.20 bits per heavy atom. The fraction of sp³-hybridized carbons (Fsp3) is 0.647. The lowest BCUT2D eigenvalue weighted by molar-refractivity contribution is 0.220. The summed E-state index contributed by atoms with van der Waals surface area (Å²) in [7, 11) is 0. The van der Waals surface area contributed by atoms with Crippen LogP contribution in [-0.2, 0) is 0 Å². The lowest BCUT2D eigenvalue weighted by Gasteiger charge is -2.38. The second-order valence-electron chi connectivity index (χ2n) is 6.42. The minimum atomic E-state index is 0.698. The molecule has 1 saturated heterocycles.